The molecule has 0 fully saturated rings. The molecule has 1 unspecified atom stereocenters. The zero-order valence-corrected chi connectivity index (χ0v) is 10.4. The van der Waals surface area contributed by atoms with Crippen molar-refractivity contribution < 1.29 is 8.42 Å². The molecule has 0 bridgehead atoms. The van der Waals surface area contributed by atoms with Crippen LogP contribution in [0.1, 0.15) is 13.3 Å². The Morgan fingerprint density at radius 3 is 2.36 bits per heavy atom. The third-order valence-corrected chi connectivity index (χ3v) is 3.27. The molecule has 0 aliphatic heterocycles. The molecule has 0 saturated heterocycles. The van der Waals surface area contributed by atoms with Crippen LogP contribution < -0.4 is 5.32 Å². The molecule has 0 rings (SSSR count). The Morgan fingerprint density at radius 1 is 1.43 bits per heavy atom. The van der Waals surface area contributed by atoms with Gasteiger partial charge in [-0.15, -0.1) is 0 Å². The maximum atomic E-state index is 11.0. The van der Waals surface area contributed by atoms with E-state index in [0.717, 1.165) is 13.0 Å². The van der Waals surface area contributed by atoms with Crippen molar-refractivity contribution in [2.75, 3.05) is 39.2 Å². The van der Waals surface area contributed by atoms with Crippen molar-refractivity contribution in [3.05, 3.63) is 0 Å². The summed E-state index contributed by atoms with van der Waals surface area (Å²) in [5, 5.41) is 3.11. The van der Waals surface area contributed by atoms with E-state index >= 15 is 0 Å². The van der Waals surface area contributed by atoms with E-state index in [4.69, 9.17) is 0 Å². The van der Waals surface area contributed by atoms with Crippen LogP contribution in [0.5, 0.6) is 0 Å². The third-order valence-electron chi connectivity index (χ3n) is 2.35. The van der Waals surface area contributed by atoms with Gasteiger partial charge < -0.3 is 10.2 Å². The molecule has 0 radical (unpaired) electrons. The van der Waals surface area contributed by atoms with Gasteiger partial charge in [-0.1, -0.05) is 6.92 Å². The monoisotopic (exact) mass is 222 g/mol. The molecule has 0 amide bonds. The van der Waals surface area contributed by atoms with Gasteiger partial charge in [0, 0.05) is 25.4 Å². The van der Waals surface area contributed by atoms with Crippen molar-refractivity contribution in [2.24, 2.45) is 0 Å². The number of sulfone groups is 1. The van der Waals surface area contributed by atoms with Gasteiger partial charge in [0.15, 0.2) is 0 Å². The Balaban J connectivity index is 3.98. The first-order valence-electron chi connectivity index (χ1n) is 4.93. The van der Waals surface area contributed by atoms with Gasteiger partial charge in [0.25, 0.3) is 0 Å². The van der Waals surface area contributed by atoms with E-state index in [1.165, 1.54) is 6.26 Å². The van der Waals surface area contributed by atoms with Crippen LogP contribution in [0, 0.1) is 0 Å². The standard InChI is InChI=1S/C9H22N2O2S/c1-5-9(8-10-2)11(3)6-7-14(4,12)13/h9-10H,5-8H2,1-4H3. The fourth-order valence-corrected chi connectivity index (χ4v) is 1.96. The highest BCUT2D eigenvalue weighted by Gasteiger charge is 2.13. The van der Waals surface area contributed by atoms with Crippen LogP contribution in [0.2, 0.25) is 0 Å². The van der Waals surface area contributed by atoms with Gasteiger partial charge in [-0.2, -0.15) is 0 Å². The number of rotatable bonds is 7. The average Bonchev–Trinajstić information content (AvgIpc) is 2.09. The number of nitrogens with one attached hydrogen (secondary N) is 1. The van der Waals surface area contributed by atoms with Crippen LogP contribution in [0.15, 0.2) is 0 Å². The summed E-state index contributed by atoms with van der Waals surface area (Å²) < 4.78 is 21.9. The Bertz CT molecular complexity index is 239. The number of nitrogens with zero attached hydrogens (tertiary/aromatic N) is 1. The molecule has 0 heterocycles. The maximum Gasteiger partial charge on any atom is 0.148 e. The molecule has 4 nitrogen and oxygen atoms in total. The van der Waals surface area contributed by atoms with E-state index in [1.54, 1.807) is 0 Å². The molecule has 1 N–H and O–H groups in total. The van der Waals surface area contributed by atoms with Gasteiger partial charge in [-0.3, -0.25) is 0 Å². The highest BCUT2D eigenvalue weighted by Crippen LogP contribution is 2.00. The van der Waals surface area contributed by atoms with Crippen LogP contribution >= 0.6 is 0 Å². The van der Waals surface area contributed by atoms with E-state index in [9.17, 15) is 8.42 Å². The molecule has 86 valence electrons. The van der Waals surface area contributed by atoms with Crippen molar-refractivity contribution in [3.63, 3.8) is 0 Å². The van der Waals surface area contributed by atoms with E-state index in [0.29, 0.717) is 12.6 Å². The van der Waals surface area contributed by atoms with Crippen LogP contribution in [-0.2, 0) is 9.84 Å². The normalized spacial score (nSPS) is 14.6. The summed E-state index contributed by atoms with van der Waals surface area (Å²) in [4.78, 5) is 2.09. The SMILES string of the molecule is CCC(CNC)N(C)CCS(C)(=O)=O. The Morgan fingerprint density at radius 2 is 2.00 bits per heavy atom. The topological polar surface area (TPSA) is 49.4 Å². The molecule has 0 saturated carbocycles. The molecule has 1 atom stereocenters. The molecule has 0 aliphatic carbocycles. The van der Waals surface area contributed by atoms with Crippen molar-refractivity contribution in [1.82, 2.24) is 10.2 Å². The molecular weight excluding hydrogens is 200 g/mol. The largest absolute Gasteiger partial charge is 0.318 e. The molecule has 0 aliphatic rings. The summed E-state index contributed by atoms with van der Waals surface area (Å²) in [6.45, 7) is 3.62. The average molecular weight is 222 g/mol. The Kier molecular flexibility index (Phi) is 6.31. The van der Waals surface area contributed by atoms with Crippen molar-refractivity contribution in [2.45, 2.75) is 19.4 Å². The van der Waals surface area contributed by atoms with E-state index in [1.807, 2.05) is 14.1 Å². The summed E-state index contributed by atoms with van der Waals surface area (Å²) in [6, 6.07) is 0.418. The summed E-state index contributed by atoms with van der Waals surface area (Å²) in [5.41, 5.74) is 0. The second-order valence-corrected chi connectivity index (χ2v) is 5.99. The molecule has 0 aromatic carbocycles. The highest BCUT2D eigenvalue weighted by molar-refractivity contribution is 7.90. The lowest BCUT2D eigenvalue weighted by molar-refractivity contribution is 0.245. The number of hydrogen-bond acceptors (Lipinski definition) is 4. The molecular formula is C9H22N2O2S. The van der Waals surface area contributed by atoms with Gasteiger partial charge in [-0.05, 0) is 20.5 Å². The lowest BCUT2D eigenvalue weighted by Crippen LogP contribution is -2.40. The number of hydrogen-bond donors (Lipinski definition) is 1. The van der Waals surface area contributed by atoms with E-state index in [-0.39, 0.29) is 5.75 Å². The van der Waals surface area contributed by atoms with Gasteiger partial charge in [0.2, 0.25) is 0 Å². The van der Waals surface area contributed by atoms with Crippen LogP contribution in [0.4, 0.5) is 0 Å². The fourth-order valence-electron chi connectivity index (χ4n) is 1.34. The predicted octanol–water partition coefficient (Wildman–Crippen LogP) is -0.0392. The van der Waals surface area contributed by atoms with E-state index < -0.39 is 9.84 Å². The summed E-state index contributed by atoms with van der Waals surface area (Å²) in [7, 11) is 1.04. The van der Waals surface area contributed by atoms with Crippen molar-refractivity contribution >= 4 is 9.84 Å². The van der Waals surface area contributed by atoms with Gasteiger partial charge in [-0.25, -0.2) is 8.42 Å². The quantitative estimate of drug-likeness (QED) is 0.657. The van der Waals surface area contributed by atoms with Crippen molar-refractivity contribution in [3.8, 4) is 0 Å². The minimum Gasteiger partial charge on any atom is -0.318 e. The summed E-state index contributed by atoms with van der Waals surface area (Å²) >= 11 is 0. The first kappa shape index (κ1) is 13.9. The summed E-state index contributed by atoms with van der Waals surface area (Å²) in [6.07, 6.45) is 2.31. The van der Waals surface area contributed by atoms with Gasteiger partial charge >= 0.3 is 0 Å². The predicted molar refractivity (Wildman–Crippen MR) is 60.3 cm³/mol. The number of likely N-dealkylation sites (N-methyl/N-ethyl adjacent to an activating group) is 2. The van der Waals surface area contributed by atoms with Crippen LogP contribution in [0.25, 0.3) is 0 Å². The van der Waals surface area contributed by atoms with Gasteiger partial charge in [0.05, 0.1) is 5.75 Å². The zero-order chi connectivity index (χ0) is 11.2. The second-order valence-electron chi connectivity index (χ2n) is 3.73. The lowest BCUT2D eigenvalue weighted by Gasteiger charge is -2.26. The zero-order valence-electron chi connectivity index (χ0n) is 9.58. The highest BCUT2D eigenvalue weighted by atomic mass is 32.2. The minimum absolute atomic E-state index is 0.240. The van der Waals surface area contributed by atoms with Crippen LogP contribution in [0.3, 0.4) is 0 Å². The van der Waals surface area contributed by atoms with Gasteiger partial charge in [0.1, 0.15) is 9.84 Å². The van der Waals surface area contributed by atoms with E-state index in [2.05, 4.69) is 17.1 Å². The Hall–Kier alpha value is -0.130. The maximum absolute atomic E-state index is 11.0. The van der Waals surface area contributed by atoms with Crippen LogP contribution in [-0.4, -0.2) is 58.6 Å². The fraction of sp³-hybridized carbons (Fsp3) is 1.00. The smallest absolute Gasteiger partial charge is 0.148 e. The molecule has 5 heteroatoms. The summed E-state index contributed by atoms with van der Waals surface area (Å²) in [5.74, 6) is 0.240. The first-order chi connectivity index (χ1) is 6.40. The first-order valence-corrected chi connectivity index (χ1v) is 6.99. The van der Waals surface area contributed by atoms with Crippen molar-refractivity contribution in [1.29, 1.82) is 0 Å². The minimum atomic E-state index is -2.84. The second kappa shape index (κ2) is 6.37. The molecule has 14 heavy (non-hydrogen) atoms. The Labute approximate surface area is 87.6 Å². The lowest BCUT2D eigenvalue weighted by atomic mass is 10.2. The molecule has 0 aromatic heterocycles. The molecule has 0 spiro atoms. The molecule has 0 aromatic rings. The third kappa shape index (κ3) is 6.34.